The van der Waals surface area contributed by atoms with Crippen LogP contribution >= 0.6 is 11.6 Å². The molecule has 2 N–H and O–H groups in total. The molecule has 0 aliphatic carbocycles. The van der Waals surface area contributed by atoms with Crippen LogP contribution in [0.15, 0.2) is 0 Å². The van der Waals surface area contributed by atoms with Gasteiger partial charge in [0.15, 0.2) is 0 Å². The van der Waals surface area contributed by atoms with Crippen molar-refractivity contribution in [3.63, 3.8) is 0 Å². The highest BCUT2D eigenvalue weighted by Gasteiger charge is 2.40. The Labute approximate surface area is 134 Å². The number of nitrogen functional groups attached to an aromatic ring is 1. The minimum absolute atomic E-state index is 0.0560. The van der Waals surface area contributed by atoms with Crippen LogP contribution in [0.2, 0.25) is 5.15 Å². The van der Waals surface area contributed by atoms with E-state index >= 15 is 0 Å². The third kappa shape index (κ3) is 2.46. The number of fused-ring (bicyclic) bond motifs is 1. The summed E-state index contributed by atoms with van der Waals surface area (Å²) in [6.45, 7) is 4.77. The van der Waals surface area contributed by atoms with Crippen LogP contribution in [0.4, 0.5) is 5.69 Å². The summed E-state index contributed by atoms with van der Waals surface area (Å²) in [6, 6.07) is 0. The summed E-state index contributed by atoms with van der Waals surface area (Å²) < 4.78 is 0. The van der Waals surface area contributed by atoms with Crippen molar-refractivity contribution in [2.24, 2.45) is 0 Å². The molecule has 7 heteroatoms. The molecule has 0 aromatic carbocycles. The average Bonchev–Trinajstić information content (AvgIpc) is 2.76. The minimum Gasteiger partial charge on any atom is -0.397 e. The fourth-order valence-electron chi connectivity index (χ4n) is 3.09. The van der Waals surface area contributed by atoms with Crippen LogP contribution in [0, 0.1) is 6.92 Å². The first-order valence-corrected chi connectivity index (χ1v) is 7.92. The molecule has 22 heavy (non-hydrogen) atoms. The summed E-state index contributed by atoms with van der Waals surface area (Å²) in [7, 11) is 0. The van der Waals surface area contributed by atoms with E-state index < -0.39 is 0 Å². The predicted molar refractivity (Wildman–Crippen MR) is 84.1 cm³/mol. The lowest BCUT2D eigenvalue weighted by molar-refractivity contribution is 0.0632. The zero-order chi connectivity index (χ0) is 15.9. The molecule has 0 radical (unpaired) electrons. The van der Waals surface area contributed by atoms with E-state index in [1.165, 1.54) is 24.2 Å². The van der Waals surface area contributed by atoms with Crippen molar-refractivity contribution in [3.05, 3.63) is 22.0 Å². The number of aromatic nitrogens is 1. The quantitative estimate of drug-likeness (QED) is 0.677. The number of anilines is 1. The van der Waals surface area contributed by atoms with Crippen molar-refractivity contribution in [1.29, 1.82) is 0 Å². The third-order valence-electron chi connectivity index (χ3n) is 4.39. The molecule has 2 aliphatic rings. The molecule has 118 valence electrons. The highest BCUT2D eigenvalue weighted by Crippen LogP contribution is 2.33. The number of rotatable bonds is 3. The van der Waals surface area contributed by atoms with E-state index in [1.54, 1.807) is 6.92 Å². The van der Waals surface area contributed by atoms with Crippen molar-refractivity contribution >= 4 is 29.1 Å². The van der Waals surface area contributed by atoms with Crippen LogP contribution in [0.5, 0.6) is 0 Å². The van der Waals surface area contributed by atoms with Gasteiger partial charge < -0.3 is 10.6 Å². The van der Waals surface area contributed by atoms with Gasteiger partial charge in [-0.3, -0.25) is 14.5 Å². The fraction of sp³-hybridized carbons (Fsp3) is 0.533. The normalized spacial score (nSPS) is 18.9. The summed E-state index contributed by atoms with van der Waals surface area (Å²) in [5.41, 5.74) is 7.00. The standard InChI is InChI=1S/C15H19ClN4O2/c1-9-12(17)10-11(13(16)18-9)15(22)20(14(10)21)8-7-19-5-3-2-4-6-19/h2-8,17H2,1H3. The maximum absolute atomic E-state index is 12.5. The molecule has 2 amide bonds. The molecule has 0 atom stereocenters. The highest BCUT2D eigenvalue weighted by atomic mass is 35.5. The van der Waals surface area contributed by atoms with Crippen molar-refractivity contribution in [1.82, 2.24) is 14.8 Å². The number of carbonyl (C=O) groups excluding carboxylic acids is 2. The van der Waals surface area contributed by atoms with Gasteiger partial charge in [0.05, 0.1) is 22.5 Å². The third-order valence-corrected chi connectivity index (χ3v) is 4.66. The number of amides is 2. The largest absolute Gasteiger partial charge is 0.397 e. The molecule has 1 fully saturated rings. The second kappa shape index (κ2) is 5.85. The summed E-state index contributed by atoms with van der Waals surface area (Å²) in [4.78, 5) is 32.6. The number of nitrogens with zero attached hydrogens (tertiary/aromatic N) is 3. The lowest BCUT2D eigenvalue weighted by atomic mass is 10.1. The molecule has 6 nitrogen and oxygen atoms in total. The first-order valence-electron chi connectivity index (χ1n) is 7.55. The summed E-state index contributed by atoms with van der Waals surface area (Å²) in [5.74, 6) is -0.747. The van der Waals surface area contributed by atoms with Gasteiger partial charge in [-0.25, -0.2) is 4.98 Å². The maximum atomic E-state index is 12.5. The Balaban J connectivity index is 1.81. The van der Waals surface area contributed by atoms with Gasteiger partial charge >= 0.3 is 0 Å². The van der Waals surface area contributed by atoms with Crippen molar-refractivity contribution in [2.75, 3.05) is 31.9 Å². The average molecular weight is 323 g/mol. The van der Waals surface area contributed by atoms with Crippen LogP contribution in [0.1, 0.15) is 45.7 Å². The molecule has 0 unspecified atom stereocenters. The number of hydrogen-bond acceptors (Lipinski definition) is 5. The number of aryl methyl sites for hydroxylation is 1. The predicted octanol–water partition coefficient (Wildman–Crippen LogP) is 1.71. The van der Waals surface area contributed by atoms with Crippen LogP contribution in [0.25, 0.3) is 0 Å². The van der Waals surface area contributed by atoms with Gasteiger partial charge in [-0.2, -0.15) is 0 Å². The lowest BCUT2D eigenvalue weighted by Crippen LogP contribution is -2.40. The summed E-state index contributed by atoms with van der Waals surface area (Å²) in [5, 5.41) is 0.0560. The Bertz CT molecular complexity index is 641. The smallest absolute Gasteiger partial charge is 0.264 e. The number of hydrogen-bond donors (Lipinski definition) is 1. The molecule has 1 aromatic rings. The first-order chi connectivity index (χ1) is 10.5. The SMILES string of the molecule is Cc1nc(Cl)c2c(c1N)C(=O)N(CCN1CCCCC1)C2=O. The Morgan fingerprint density at radius 1 is 1.09 bits per heavy atom. The molecule has 3 heterocycles. The Morgan fingerprint density at radius 3 is 2.41 bits per heavy atom. The van der Waals surface area contributed by atoms with E-state index in [2.05, 4.69) is 9.88 Å². The molecule has 3 rings (SSSR count). The zero-order valence-corrected chi connectivity index (χ0v) is 13.3. The van der Waals surface area contributed by atoms with E-state index in [-0.39, 0.29) is 33.8 Å². The summed E-state index contributed by atoms with van der Waals surface area (Å²) in [6.07, 6.45) is 3.59. The number of pyridine rings is 1. The van der Waals surface area contributed by atoms with Gasteiger partial charge in [-0.1, -0.05) is 18.0 Å². The topological polar surface area (TPSA) is 79.5 Å². The molecule has 0 bridgehead atoms. The Hall–Kier alpha value is -1.66. The van der Waals surface area contributed by atoms with Crippen molar-refractivity contribution < 1.29 is 9.59 Å². The van der Waals surface area contributed by atoms with Gasteiger partial charge in [0, 0.05) is 13.1 Å². The van der Waals surface area contributed by atoms with Crippen LogP contribution in [-0.4, -0.2) is 52.8 Å². The highest BCUT2D eigenvalue weighted by molar-refractivity contribution is 6.37. The van der Waals surface area contributed by atoms with Crippen molar-refractivity contribution in [2.45, 2.75) is 26.2 Å². The number of imide groups is 1. The fourth-order valence-corrected chi connectivity index (χ4v) is 3.39. The van der Waals surface area contributed by atoms with Gasteiger partial charge in [0.1, 0.15) is 5.15 Å². The Morgan fingerprint density at radius 2 is 1.73 bits per heavy atom. The zero-order valence-electron chi connectivity index (χ0n) is 12.6. The molecule has 0 spiro atoms. The monoisotopic (exact) mass is 322 g/mol. The number of piperidine rings is 1. The molecule has 2 aliphatic heterocycles. The summed E-state index contributed by atoms with van der Waals surface area (Å²) >= 11 is 6.04. The van der Waals surface area contributed by atoms with Crippen LogP contribution in [-0.2, 0) is 0 Å². The second-order valence-corrected chi connectivity index (χ2v) is 6.17. The Kier molecular flexibility index (Phi) is 4.06. The number of halogens is 1. The lowest BCUT2D eigenvalue weighted by Gasteiger charge is -2.27. The second-order valence-electron chi connectivity index (χ2n) is 5.82. The number of likely N-dealkylation sites (tertiary alicyclic amines) is 1. The van der Waals surface area contributed by atoms with Crippen LogP contribution < -0.4 is 5.73 Å². The molecule has 1 saturated heterocycles. The van der Waals surface area contributed by atoms with E-state index in [0.29, 0.717) is 18.8 Å². The molecule has 0 saturated carbocycles. The van der Waals surface area contributed by atoms with Crippen LogP contribution in [0.3, 0.4) is 0 Å². The van der Waals surface area contributed by atoms with E-state index in [4.69, 9.17) is 17.3 Å². The van der Waals surface area contributed by atoms with E-state index in [0.717, 1.165) is 13.1 Å². The van der Waals surface area contributed by atoms with Crippen molar-refractivity contribution in [3.8, 4) is 0 Å². The minimum atomic E-state index is -0.388. The number of nitrogens with two attached hydrogens (primary N) is 1. The van der Waals surface area contributed by atoms with E-state index in [1.807, 2.05) is 0 Å². The maximum Gasteiger partial charge on any atom is 0.264 e. The van der Waals surface area contributed by atoms with E-state index in [9.17, 15) is 9.59 Å². The van der Waals surface area contributed by atoms with Gasteiger partial charge in [0.2, 0.25) is 0 Å². The number of carbonyl (C=O) groups is 2. The van der Waals surface area contributed by atoms with Gasteiger partial charge in [0.25, 0.3) is 11.8 Å². The molecular formula is C15H19ClN4O2. The molecule has 1 aromatic heterocycles. The van der Waals surface area contributed by atoms with Gasteiger partial charge in [-0.05, 0) is 32.9 Å². The first kappa shape index (κ1) is 15.2. The van der Waals surface area contributed by atoms with Gasteiger partial charge in [-0.15, -0.1) is 0 Å². The molecular weight excluding hydrogens is 304 g/mol.